The van der Waals surface area contributed by atoms with Gasteiger partial charge < -0.3 is 14.6 Å². The molecule has 6 nitrogen and oxygen atoms in total. The Morgan fingerprint density at radius 1 is 1.53 bits per heavy atom. The van der Waals surface area contributed by atoms with Crippen molar-refractivity contribution in [3.8, 4) is 0 Å². The van der Waals surface area contributed by atoms with E-state index in [9.17, 15) is 13.5 Å². The SMILES string of the molecule is COC1OCC(Cl)C(O)C1OS(C)(=O)=O. The molecule has 0 aromatic carbocycles. The molecule has 4 unspecified atom stereocenters. The monoisotopic (exact) mass is 260 g/mol. The van der Waals surface area contributed by atoms with E-state index in [0.717, 1.165) is 6.26 Å². The number of ether oxygens (including phenoxy) is 2. The Hall–Kier alpha value is 0.0800. The van der Waals surface area contributed by atoms with E-state index >= 15 is 0 Å². The summed E-state index contributed by atoms with van der Waals surface area (Å²) in [6.45, 7) is 0.0743. The van der Waals surface area contributed by atoms with Crippen molar-refractivity contribution in [1.29, 1.82) is 0 Å². The van der Waals surface area contributed by atoms with Gasteiger partial charge in [0.15, 0.2) is 12.4 Å². The lowest BCUT2D eigenvalue weighted by molar-refractivity contribution is -0.221. The van der Waals surface area contributed by atoms with Crippen LogP contribution in [0, 0.1) is 0 Å². The first kappa shape index (κ1) is 13.1. The molecule has 8 heteroatoms. The summed E-state index contributed by atoms with van der Waals surface area (Å²) in [7, 11) is -2.38. The average Bonchev–Trinajstić information content (AvgIpc) is 2.11. The topological polar surface area (TPSA) is 82.1 Å². The van der Waals surface area contributed by atoms with Crippen LogP contribution in [0.1, 0.15) is 0 Å². The molecule has 15 heavy (non-hydrogen) atoms. The molecule has 0 aromatic heterocycles. The second-order valence-corrected chi connectivity index (χ2v) is 5.37. The van der Waals surface area contributed by atoms with Crippen molar-refractivity contribution in [2.75, 3.05) is 20.0 Å². The highest BCUT2D eigenvalue weighted by atomic mass is 35.5. The van der Waals surface area contributed by atoms with Crippen LogP contribution in [-0.4, -0.2) is 57.4 Å². The van der Waals surface area contributed by atoms with Gasteiger partial charge in [0.25, 0.3) is 10.1 Å². The van der Waals surface area contributed by atoms with Crippen LogP contribution in [0.15, 0.2) is 0 Å². The third-order valence-electron chi connectivity index (χ3n) is 1.91. The molecular formula is C7H13ClO6S. The zero-order valence-electron chi connectivity index (χ0n) is 8.29. The van der Waals surface area contributed by atoms with Crippen LogP contribution in [0.2, 0.25) is 0 Å². The van der Waals surface area contributed by atoms with E-state index < -0.39 is 34.0 Å². The van der Waals surface area contributed by atoms with E-state index in [0.29, 0.717) is 0 Å². The standard InChI is InChI=1S/C7H13ClO6S/c1-12-7-6(14-15(2,10)11)5(9)4(8)3-13-7/h4-7,9H,3H2,1-2H3. The zero-order chi connectivity index (χ0) is 11.6. The van der Waals surface area contributed by atoms with Gasteiger partial charge in [0.1, 0.15) is 6.10 Å². The Balaban J connectivity index is 2.78. The van der Waals surface area contributed by atoms with Crippen molar-refractivity contribution in [2.24, 2.45) is 0 Å². The van der Waals surface area contributed by atoms with E-state index in [1.54, 1.807) is 0 Å². The highest BCUT2D eigenvalue weighted by Crippen LogP contribution is 2.23. The Labute approximate surface area is 93.2 Å². The van der Waals surface area contributed by atoms with Gasteiger partial charge in [-0.2, -0.15) is 8.42 Å². The van der Waals surface area contributed by atoms with Gasteiger partial charge in [-0.1, -0.05) is 0 Å². The smallest absolute Gasteiger partial charge is 0.264 e. The molecular weight excluding hydrogens is 248 g/mol. The molecule has 1 N–H and O–H groups in total. The van der Waals surface area contributed by atoms with E-state index in [2.05, 4.69) is 4.18 Å². The van der Waals surface area contributed by atoms with E-state index in [1.807, 2.05) is 0 Å². The summed E-state index contributed by atoms with van der Waals surface area (Å²) in [4.78, 5) is 0. The number of alkyl halides is 1. The van der Waals surface area contributed by atoms with Crippen LogP contribution < -0.4 is 0 Å². The lowest BCUT2D eigenvalue weighted by atomic mass is 10.1. The van der Waals surface area contributed by atoms with Crippen molar-refractivity contribution in [3.63, 3.8) is 0 Å². The summed E-state index contributed by atoms with van der Waals surface area (Å²) >= 11 is 5.71. The van der Waals surface area contributed by atoms with Crippen LogP contribution in [0.5, 0.6) is 0 Å². The number of hydrogen-bond acceptors (Lipinski definition) is 6. The molecule has 90 valence electrons. The van der Waals surface area contributed by atoms with Gasteiger partial charge in [-0.25, -0.2) is 0 Å². The maximum absolute atomic E-state index is 10.9. The number of methoxy groups -OCH3 is 1. The predicted octanol–water partition coefficient (Wildman–Crippen LogP) is -0.698. The fourth-order valence-corrected chi connectivity index (χ4v) is 2.08. The minimum Gasteiger partial charge on any atom is -0.389 e. The third-order valence-corrected chi connectivity index (χ3v) is 2.87. The van der Waals surface area contributed by atoms with Crippen LogP contribution in [0.4, 0.5) is 0 Å². The van der Waals surface area contributed by atoms with Gasteiger partial charge >= 0.3 is 0 Å². The Morgan fingerprint density at radius 2 is 2.13 bits per heavy atom. The molecule has 1 heterocycles. The fourth-order valence-electron chi connectivity index (χ4n) is 1.25. The van der Waals surface area contributed by atoms with Crippen molar-refractivity contribution in [3.05, 3.63) is 0 Å². The van der Waals surface area contributed by atoms with Gasteiger partial charge in [0.05, 0.1) is 18.2 Å². The minimum absolute atomic E-state index is 0.0743. The minimum atomic E-state index is -3.70. The molecule has 0 aromatic rings. The zero-order valence-corrected chi connectivity index (χ0v) is 9.86. The molecule has 1 saturated heterocycles. The lowest BCUT2D eigenvalue weighted by Crippen LogP contribution is -2.53. The molecule has 4 atom stereocenters. The Morgan fingerprint density at radius 3 is 2.60 bits per heavy atom. The molecule has 0 amide bonds. The molecule has 0 aliphatic carbocycles. The lowest BCUT2D eigenvalue weighted by Gasteiger charge is -2.35. The number of halogens is 1. The highest BCUT2D eigenvalue weighted by molar-refractivity contribution is 7.86. The second kappa shape index (κ2) is 4.94. The van der Waals surface area contributed by atoms with Crippen LogP contribution >= 0.6 is 11.6 Å². The van der Waals surface area contributed by atoms with Gasteiger partial charge in [-0.3, -0.25) is 4.18 Å². The van der Waals surface area contributed by atoms with Gasteiger partial charge in [-0.15, -0.1) is 11.6 Å². The number of aliphatic hydroxyl groups is 1. The largest absolute Gasteiger partial charge is 0.389 e. The Kier molecular flexibility index (Phi) is 4.33. The number of hydrogen-bond donors (Lipinski definition) is 1. The normalized spacial score (nSPS) is 37.9. The number of aliphatic hydroxyl groups excluding tert-OH is 1. The van der Waals surface area contributed by atoms with Crippen molar-refractivity contribution < 1.29 is 27.2 Å². The first-order chi connectivity index (χ1) is 6.85. The fraction of sp³-hybridized carbons (Fsp3) is 1.00. The molecule has 1 fully saturated rings. The summed E-state index contributed by atoms with van der Waals surface area (Å²) < 4.78 is 36.4. The van der Waals surface area contributed by atoms with Crippen LogP contribution in [0.25, 0.3) is 0 Å². The molecule has 1 aliphatic rings. The van der Waals surface area contributed by atoms with Gasteiger partial charge in [-0.05, 0) is 0 Å². The number of rotatable bonds is 3. The first-order valence-corrected chi connectivity index (χ1v) is 6.45. The maximum Gasteiger partial charge on any atom is 0.264 e. The summed E-state index contributed by atoms with van der Waals surface area (Å²) in [6.07, 6.45) is -2.35. The van der Waals surface area contributed by atoms with Gasteiger partial charge in [0.2, 0.25) is 0 Å². The van der Waals surface area contributed by atoms with Gasteiger partial charge in [0, 0.05) is 7.11 Å². The summed E-state index contributed by atoms with van der Waals surface area (Å²) in [5.74, 6) is 0. The van der Waals surface area contributed by atoms with Crippen molar-refractivity contribution >= 4 is 21.7 Å². The first-order valence-electron chi connectivity index (χ1n) is 4.20. The quantitative estimate of drug-likeness (QED) is 0.534. The predicted molar refractivity (Wildman–Crippen MR) is 52.1 cm³/mol. The third kappa shape index (κ3) is 3.54. The van der Waals surface area contributed by atoms with Crippen LogP contribution in [0.3, 0.4) is 0 Å². The Bertz CT molecular complexity index is 303. The summed E-state index contributed by atoms with van der Waals surface area (Å²) in [5.41, 5.74) is 0. The maximum atomic E-state index is 10.9. The highest BCUT2D eigenvalue weighted by Gasteiger charge is 2.41. The van der Waals surface area contributed by atoms with E-state index in [1.165, 1.54) is 7.11 Å². The van der Waals surface area contributed by atoms with Crippen molar-refractivity contribution in [1.82, 2.24) is 0 Å². The summed E-state index contributed by atoms with van der Waals surface area (Å²) in [6, 6.07) is 0. The molecule has 1 aliphatic heterocycles. The average molecular weight is 261 g/mol. The molecule has 0 radical (unpaired) electrons. The molecule has 0 spiro atoms. The molecule has 1 rings (SSSR count). The molecule has 0 bridgehead atoms. The van der Waals surface area contributed by atoms with E-state index in [4.69, 9.17) is 21.1 Å². The second-order valence-electron chi connectivity index (χ2n) is 3.21. The summed E-state index contributed by atoms with van der Waals surface area (Å²) in [5, 5.41) is 8.90. The van der Waals surface area contributed by atoms with E-state index in [-0.39, 0.29) is 6.61 Å². The van der Waals surface area contributed by atoms with Crippen molar-refractivity contribution in [2.45, 2.75) is 23.9 Å². The molecule has 0 saturated carbocycles. The van der Waals surface area contributed by atoms with Crippen LogP contribution in [-0.2, 0) is 23.8 Å².